The van der Waals surface area contributed by atoms with Gasteiger partial charge in [0.2, 0.25) is 0 Å². The second-order valence-corrected chi connectivity index (χ2v) is 10.7. The van der Waals surface area contributed by atoms with E-state index in [0.29, 0.717) is 34.3 Å². The van der Waals surface area contributed by atoms with Crippen LogP contribution in [0.5, 0.6) is 0 Å². The van der Waals surface area contributed by atoms with Crippen LogP contribution in [0.3, 0.4) is 0 Å². The van der Waals surface area contributed by atoms with Crippen LogP contribution in [0.15, 0.2) is 42.9 Å². The van der Waals surface area contributed by atoms with Crippen LogP contribution in [0.1, 0.15) is 79.8 Å². The molecule has 2 aromatic heterocycles. The van der Waals surface area contributed by atoms with Gasteiger partial charge in [-0.15, -0.1) is 0 Å². The molecule has 0 spiro atoms. The summed E-state index contributed by atoms with van der Waals surface area (Å²) in [4.78, 5) is 24.7. The number of rotatable bonds is 5. The number of nitrogens with zero attached hydrogens (tertiary/aromatic N) is 3. The maximum Gasteiger partial charge on any atom is 0.169 e. The molecule has 0 bridgehead atoms. The third-order valence-electron chi connectivity index (χ3n) is 7.93. The van der Waals surface area contributed by atoms with E-state index in [-0.39, 0.29) is 24.1 Å². The molecule has 0 amide bonds. The van der Waals surface area contributed by atoms with Gasteiger partial charge >= 0.3 is 0 Å². The van der Waals surface area contributed by atoms with E-state index in [1.54, 1.807) is 24.7 Å². The number of hydrogen-bond donors (Lipinski definition) is 1. The summed E-state index contributed by atoms with van der Waals surface area (Å²) in [5.41, 5.74) is 10.2. The van der Waals surface area contributed by atoms with E-state index >= 15 is 0 Å². The molecule has 0 radical (unpaired) electrons. The molecule has 3 aromatic rings. The number of ketones is 1. The van der Waals surface area contributed by atoms with Gasteiger partial charge in [0, 0.05) is 48.4 Å². The van der Waals surface area contributed by atoms with Crippen molar-refractivity contribution in [3.05, 3.63) is 65.4 Å². The van der Waals surface area contributed by atoms with Crippen molar-refractivity contribution in [1.29, 1.82) is 0 Å². The number of piperidine rings is 1. The lowest BCUT2D eigenvalue weighted by atomic mass is 9.75. The quantitative estimate of drug-likeness (QED) is 0.473. The molecule has 1 aliphatic heterocycles. The Morgan fingerprint density at radius 2 is 2.00 bits per heavy atom. The molecule has 5 nitrogen and oxygen atoms in total. The number of carbonyl (C=O) groups excluding carboxylic acids is 1. The number of nitrogens with two attached hydrogens (primary N) is 1. The van der Waals surface area contributed by atoms with E-state index in [2.05, 4.69) is 28.7 Å². The van der Waals surface area contributed by atoms with Gasteiger partial charge in [-0.25, -0.2) is 4.39 Å². The summed E-state index contributed by atoms with van der Waals surface area (Å²) in [6.45, 7) is 5.39. The normalized spacial score (nSPS) is 25.1. The summed E-state index contributed by atoms with van der Waals surface area (Å²) in [7, 11) is 0. The summed E-state index contributed by atoms with van der Waals surface area (Å²) in [6, 6.07) is 7.44. The first-order valence-corrected chi connectivity index (χ1v) is 13.0. The number of benzene rings is 1. The number of pyridine rings is 2. The molecule has 5 rings (SSSR count). The van der Waals surface area contributed by atoms with E-state index in [0.717, 1.165) is 55.5 Å². The van der Waals surface area contributed by atoms with Crippen molar-refractivity contribution in [1.82, 2.24) is 9.97 Å². The fraction of sp³-hybridized carbons (Fsp3) is 0.483. The summed E-state index contributed by atoms with van der Waals surface area (Å²) in [6.07, 6.45) is 12.1. The van der Waals surface area contributed by atoms with Crippen molar-refractivity contribution < 1.29 is 9.18 Å². The van der Waals surface area contributed by atoms with Gasteiger partial charge < -0.3 is 10.6 Å². The number of carbonyl (C=O) groups is 1. The first-order chi connectivity index (χ1) is 16.9. The zero-order valence-corrected chi connectivity index (χ0v) is 20.7. The number of fused-ring (bicyclic) bond motifs is 1. The average molecular weight is 475 g/mol. The van der Waals surface area contributed by atoms with E-state index in [1.165, 1.54) is 12.5 Å². The third kappa shape index (κ3) is 4.94. The second-order valence-electron chi connectivity index (χ2n) is 10.7. The first-order valence-electron chi connectivity index (χ1n) is 13.0. The Kier molecular flexibility index (Phi) is 6.83. The summed E-state index contributed by atoms with van der Waals surface area (Å²) in [5.74, 6) is 0.478. The standard InChI is InChI=1S/C29H35FN4O/c1-18-11-20(13-22(31)12-18)24-8-9-32-16-21(24)14-28(35)25-6-7-27(30)26-15-23(17-33-29(25)26)34-10-4-3-5-19(34)2/h6-9,15-20,22H,3-5,10-14,31H2,1-2H3/t18-,19+,20+,22-/m0/s1. The lowest BCUT2D eigenvalue weighted by Crippen LogP contribution is -2.37. The Hall–Kier alpha value is -2.86. The molecule has 2 aliphatic rings. The molecule has 3 heterocycles. The van der Waals surface area contributed by atoms with E-state index in [9.17, 15) is 9.18 Å². The largest absolute Gasteiger partial charge is 0.368 e. The molecule has 1 aliphatic carbocycles. The molecule has 184 valence electrons. The van der Waals surface area contributed by atoms with Gasteiger partial charge in [0.15, 0.2) is 5.78 Å². The van der Waals surface area contributed by atoms with E-state index in [1.807, 2.05) is 12.1 Å². The van der Waals surface area contributed by atoms with Gasteiger partial charge in [-0.3, -0.25) is 14.8 Å². The molecule has 1 saturated heterocycles. The van der Waals surface area contributed by atoms with E-state index in [4.69, 9.17) is 5.73 Å². The Balaban J connectivity index is 1.45. The van der Waals surface area contributed by atoms with Gasteiger partial charge in [0.25, 0.3) is 0 Å². The molecule has 6 heteroatoms. The van der Waals surface area contributed by atoms with Gasteiger partial charge in [0.1, 0.15) is 5.82 Å². The Morgan fingerprint density at radius 1 is 1.14 bits per heavy atom. The lowest BCUT2D eigenvalue weighted by molar-refractivity contribution is 0.0994. The Bertz CT molecular complexity index is 1220. The number of hydrogen-bond acceptors (Lipinski definition) is 5. The van der Waals surface area contributed by atoms with Gasteiger partial charge in [-0.2, -0.15) is 0 Å². The highest BCUT2D eigenvalue weighted by Crippen LogP contribution is 2.37. The molecule has 2 N–H and O–H groups in total. The van der Waals surface area contributed by atoms with Crippen molar-refractivity contribution >= 4 is 22.4 Å². The lowest BCUT2D eigenvalue weighted by Gasteiger charge is -2.35. The fourth-order valence-corrected chi connectivity index (χ4v) is 6.20. The minimum Gasteiger partial charge on any atom is -0.368 e. The SMILES string of the molecule is C[C@@H]1C[C@H](N)C[C@H](c2ccncc2CC(=O)c2ccc(F)c3cc(N4CCCC[C@H]4C)cnc23)C1. The molecule has 1 aromatic carbocycles. The van der Waals surface area contributed by atoms with Crippen molar-refractivity contribution in [3.8, 4) is 0 Å². The van der Waals surface area contributed by atoms with Gasteiger partial charge in [-0.1, -0.05) is 6.92 Å². The van der Waals surface area contributed by atoms with Crippen LogP contribution < -0.4 is 10.6 Å². The maximum absolute atomic E-state index is 14.9. The fourth-order valence-electron chi connectivity index (χ4n) is 6.20. The van der Waals surface area contributed by atoms with Crippen molar-refractivity contribution in [3.63, 3.8) is 0 Å². The van der Waals surface area contributed by atoms with Crippen LogP contribution in [0, 0.1) is 11.7 Å². The second kappa shape index (κ2) is 10.0. The maximum atomic E-state index is 14.9. The number of aromatic nitrogens is 2. The highest BCUT2D eigenvalue weighted by molar-refractivity contribution is 6.08. The average Bonchev–Trinajstić information content (AvgIpc) is 2.84. The van der Waals surface area contributed by atoms with Crippen LogP contribution in [0.2, 0.25) is 0 Å². The molecular weight excluding hydrogens is 439 g/mol. The molecular formula is C29H35FN4O. The zero-order valence-electron chi connectivity index (χ0n) is 20.7. The minimum atomic E-state index is -0.345. The van der Waals surface area contributed by atoms with Crippen LogP contribution in [-0.2, 0) is 6.42 Å². The van der Waals surface area contributed by atoms with Gasteiger partial charge in [0.05, 0.1) is 17.4 Å². The number of halogens is 1. The summed E-state index contributed by atoms with van der Waals surface area (Å²) in [5, 5.41) is 0.407. The van der Waals surface area contributed by atoms with Crippen LogP contribution in [0.4, 0.5) is 10.1 Å². The smallest absolute Gasteiger partial charge is 0.169 e. The van der Waals surface area contributed by atoms with Crippen LogP contribution in [-0.4, -0.2) is 34.4 Å². The molecule has 1 saturated carbocycles. The predicted molar refractivity (Wildman–Crippen MR) is 138 cm³/mol. The monoisotopic (exact) mass is 474 g/mol. The molecule has 2 fully saturated rings. The Morgan fingerprint density at radius 3 is 2.80 bits per heavy atom. The van der Waals surface area contributed by atoms with Crippen molar-refractivity contribution in [2.45, 2.75) is 76.8 Å². The van der Waals surface area contributed by atoms with E-state index < -0.39 is 0 Å². The summed E-state index contributed by atoms with van der Waals surface area (Å²) < 4.78 is 14.9. The van der Waals surface area contributed by atoms with Crippen molar-refractivity contribution in [2.24, 2.45) is 11.7 Å². The first kappa shape index (κ1) is 23.9. The van der Waals surface area contributed by atoms with Gasteiger partial charge in [-0.05, 0) is 92.7 Å². The van der Waals surface area contributed by atoms with Crippen LogP contribution >= 0.6 is 0 Å². The number of Topliss-reactive ketones (excluding diaryl/α,β-unsaturated/α-hetero) is 1. The molecule has 0 unspecified atom stereocenters. The number of anilines is 1. The minimum absolute atomic E-state index is 0.0657. The third-order valence-corrected chi connectivity index (χ3v) is 7.93. The predicted octanol–water partition coefficient (Wildman–Crippen LogP) is 5.80. The highest BCUT2D eigenvalue weighted by atomic mass is 19.1. The Labute approximate surface area is 206 Å². The molecule has 4 atom stereocenters. The highest BCUT2D eigenvalue weighted by Gasteiger charge is 2.28. The summed E-state index contributed by atoms with van der Waals surface area (Å²) >= 11 is 0. The molecule has 35 heavy (non-hydrogen) atoms. The van der Waals surface area contributed by atoms with Crippen LogP contribution in [0.25, 0.3) is 10.9 Å². The van der Waals surface area contributed by atoms with Crippen molar-refractivity contribution in [2.75, 3.05) is 11.4 Å². The topological polar surface area (TPSA) is 72.1 Å². The zero-order chi connectivity index (χ0) is 24.5.